The van der Waals surface area contributed by atoms with Crippen LogP contribution in [0.3, 0.4) is 0 Å². The summed E-state index contributed by atoms with van der Waals surface area (Å²) in [5.74, 6) is 0. The highest BCUT2D eigenvalue weighted by molar-refractivity contribution is 4.97. The van der Waals surface area contributed by atoms with Gasteiger partial charge >= 0.3 is 0 Å². The third-order valence-electron chi connectivity index (χ3n) is 1.97. The molecule has 0 saturated heterocycles. The molecular weight excluding hydrogens is 150 g/mol. The zero-order chi connectivity index (χ0) is 8.81. The first-order chi connectivity index (χ1) is 5.83. The molecule has 0 saturated carbocycles. The summed E-state index contributed by atoms with van der Waals surface area (Å²) in [5, 5.41) is 3.19. The van der Waals surface area contributed by atoms with Crippen LogP contribution in [0, 0.1) is 0 Å². The third kappa shape index (κ3) is 2.96. The molecule has 1 unspecified atom stereocenters. The minimum Gasteiger partial charge on any atom is -0.317 e. The van der Waals surface area contributed by atoms with E-state index in [1.165, 1.54) is 0 Å². The number of nitrogens with one attached hydrogen (secondary N) is 1. The Bertz CT molecular complexity index is 210. The van der Waals surface area contributed by atoms with Crippen LogP contribution in [0.1, 0.15) is 19.0 Å². The number of rotatable bonds is 4. The van der Waals surface area contributed by atoms with Crippen LogP contribution in [0.15, 0.2) is 18.6 Å². The van der Waals surface area contributed by atoms with Gasteiger partial charge in [-0.25, -0.2) is 9.97 Å². The smallest absolute Gasteiger partial charge is 0.115 e. The van der Waals surface area contributed by atoms with Gasteiger partial charge in [0.25, 0.3) is 0 Å². The average molecular weight is 165 g/mol. The molecule has 1 rings (SSSR count). The van der Waals surface area contributed by atoms with Crippen molar-refractivity contribution in [1.29, 1.82) is 0 Å². The van der Waals surface area contributed by atoms with Crippen molar-refractivity contribution in [2.75, 3.05) is 7.05 Å². The van der Waals surface area contributed by atoms with Crippen molar-refractivity contribution < 1.29 is 0 Å². The first-order valence-electron chi connectivity index (χ1n) is 4.25. The Morgan fingerprint density at radius 3 is 3.00 bits per heavy atom. The predicted molar refractivity (Wildman–Crippen MR) is 48.9 cm³/mol. The highest BCUT2D eigenvalue weighted by Crippen LogP contribution is 1.99. The summed E-state index contributed by atoms with van der Waals surface area (Å²) in [4.78, 5) is 8.01. The molecule has 0 aliphatic rings. The van der Waals surface area contributed by atoms with E-state index in [-0.39, 0.29) is 0 Å². The van der Waals surface area contributed by atoms with Crippen LogP contribution in [0.2, 0.25) is 0 Å². The van der Waals surface area contributed by atoms with E-state index in [4.69, 9.17) is 0 Å². The Hall–Kier alpha value is -0.960. The summed E-state index contributed by atoms with van der Waals surface area (Å²) in [6.07, 6.45) is 5.52. The van der Waals surface area contributed by atoms with Crippen molar-refractivity contribution in [3.05, 3.63) is 24.3 Å². The number of nitrogens with zero attached hydrogens (tertiary/aromatic N) is 2. The van der Waals surface area contributed by atoms with Gasteiger partial charge in [0.1, 0.15) is 6.33 Å². The van der Waals surface area contributed by atoms with Gasteiger partial charge in [0.2, 0.25) is 0 Å². The van der Waals surface area contributed by atoms with Crippen LogP contribution in [0.4, 0.5) is 0 Å². The second kappa shape index (κ2) is 4.83. The standard InChI is InChI=1S/C9H15N3/c1-8(10-2)3-4-9-5-6-11-7-12-9/h5-8,10H,3-4H2,1-2H3. The Balaban J connectivity index is 2.33. The highest BCUT2D eigenvalue weighted by Gasteiger charge is 1.98. The quantitative estimate of drug-likeness (QED) is 0.723. The van der Waals surface area contributed by atoms with Gasteiger partial charge in [0, 0.05) is 17.9 Å². The van der Waals surface area contributed by atoms with Crippen molar-refractivity contribution >= 4 is 0 Å². The van der Waals surface area contributed by atoms with E-state index in [1.807, 2.05) is 13.1 Å². The van der Waals surface area contributed by atoms with Gasteiger partial charge in [-0.15, -0.1) is 0 Å². The molecule has 0 aliphatic carbocycles. The number of hydrogen-bond donors (Lipinski definition) is 1. The highest BCUT2D eigenvalue weighted by atomic mass is 14.9. The number of aryl methyl sites for hydroxylation is 1. The fourth-order valence-electron chi connectivity index (χ4n) is 0.975. The van der Waals surface area contributed by atoms with Gasteiger partial charge < -0.3 is 5.32 Å². The van der Waals surface area contributed by atoms with Crippen LogP contribution in [-0.4, -0.2) is 23.1 Å². The van der Waals surface area contributed by atoms with E-state index in [9.17, 15) is 0 Å². The number of hydrogen-bond acceptors (Lipinski definition) is 3. The van der Waals surface area contributed by atoms with Crippen molar-refractivity contribution in [3.8, 4) is 0 Å². The minimum atomic E-state index is 0.556. The van der Waals surface area contributed by atoms with Gasteiger partial charge in [-0.2, -0.15) is 0 Å². The van der Waals surface area contributed by atoms with E-state index in [0.29, 0.717) is 6.04 Å². The lowest BCUT2D eigenvalue weighted by molar-refractivity contribution is 0.561. The van der Waals surface area contributed by atoms with Crippen LogP contribution in [0.25, 0.3) is 0 Å². The molecule has 1 aromatic heterocycles. The maximum atomic E-state index is 4.15. The zero-order valence-electron chi connectivity index (χ0n) is 7.62. The Labute approximate surface area is 73.2 Å². The first kappa shape index (κ1) is 9.13. The van der Waals surface area contributed by atoms with E-state index < -0.39 is 0 Å². The molecule has 1 N–H and O–H groups in total. The molecule has 0 radical (unpaired) electrons. The lowest BCUT2D eigenvalue weighted by Gasteiger charge is -2.08. The summed E-state index contributed by atoms with van der Waals surface area (Å²) < 4.78 is 0. The molecule has 0 amide bonds. The summed E-state index contributed by atoms with van der Waals surface area (Å²) in [6, 6.07) is 2.52. The monoisotopic (exact) mass is 165 g/mol. The molecule has 0 aliphatic heterocycles. The Kier molecular flexibility index (Phi) is 3.67. The molecule has 0 bridgehead atoms. The van der Waals surface area contributed by atoms with Crippen LogP contribution >= 0.6 is 0 Å². The molecule has 0 aromatic carbocycles. The lowest BCUT2D eigenvalue weighted by Crippen LogP contribution is -2.21. The Morgan fingerprint density at radius 1 is 1.58 bits per heavy atom. The van der Waals surface area contributed by atoms with E-state index in [1.54, 1.807) is 12.5 Å². The molecule has 1 atom stereocenters. The van der Waals surface area contributed by atoms with E-state index >= 15 is 0 Å². The fraction of sp³-hybridized carbons (Fsp3) is 0.556. The molecular formula is C9H15N3. The van der Waals surface area contributed by atoms with Crippen molar-refractivity contribution in [3.63, 3.8) is 0 Å². The fourth-order valence-corrected chi connectivity index (χ4v) is 0.975. The first-order valence-corrected chi connectivity index (χ1v) is 4.25. The van der Waals surface area contributed by atoms with Crippen LogP contribution in [-0.2, 0) is 6.42 Å². The lowest BCUT2D eigenvalue weighted by atomic mass is 10.1. The molecule has 1 heterocycles. The predicted octanol–water partition coefficient (Wildman–Crippen LogP) is 1.02. The maximum absolute atomic E-state index is 4.15. The van der Waals surface area contributed by atoms with Gasteiger partial charge in [-0.3, -0.25) is 0 Å². The summed E-state index contributed by atoms with van der Waals surface area (Å²) in [7, 11) is 1.98. The Morgan fingerprint density at radius 2 is 2.42 bits per heavy atom. The van der Waals surface area contributed by atoms with Crippen molar-refractivity contribution in [2.24, 2.45) is 0 Å². The maximum Gasteiger partial charge on any atom is 0.115 e. The van der Waals surface area contributed by atoms with Crippen LogP contribution < -0.4 is 5.32 Å². The molecule has 3 heteroatoms. The average Bonchev–Trinajstić information content (AvgIpc) is 2.16. The molecule has 0 fully saturated rings. The molecule has 1 aromatic rings. The molecule has 12 heavy (non-hydrogen) atoms. The zero-order valence-corrected chi connectivity index (χ0v) is 7.62. The van der Waals surface area contributed by atoms with Gasteiger partial charge in [0.05, 0.1) is 0 Å². The van der Waals surface area contributed by atoms with Crippen LogP contribution in [0.5, 0.6) is 0 Å². The van der Waals surface area contributed by atoms with Gasteiger partial charge in [-0.1, -0.05) is 0 Å². The van der Waals surface area contributed by atoms with E-state index in [2.05, 4.69) is 22.2 Å². The summed E-state index contributed by atoms with van der Waals surface area (Å²) >= 11 is 0. The number of aromatic nitrogens is 2. The topological polar surface area (TPSA) is 37.8 Å². The molecule has 66 valence electrons. The normalized spacial score (nSPS) is 12.8. The molecule has 0 spiro atoms. The largest absolute Gasteiger partial charge is 0.317 e. The molecule has 3 nitrogen and oxygen atoms in total. The van der Waals surface area contributed by atoms with Crippen molar-refractivity contribution in [1.82, 2.24) is 15.3 Å². The summed E-state index contributed by atoms with van der Waals surface area (Å²) in [6.45, 7) is 2.17. The van der Waals surface area contributed by atoms with Gasteiger partial charge in [0.15, 0.2) is 0 Å². The van der Waals surface area contributed by atoms with Gasteiger partial charge in [-0.05, 0) is 32.9 Å². The van der Waals surface area contributed by atoms with E-state index in [0.717, 1.165) is 18.5 Å². The second-order valence-corrected chi connectivity index (χ2v) is 2.93. The summed E-state index contributed by atoms with van der Waals surface area (Å²) in [5.41, 5.74) is 1.12. The van der Waals surface area contributed by atoms with Crippen molar-refractivity contribution in [2.45, 2.75) is 25.8 Å². The SMILES string of the molecule is CNC(C)CCc1ccncn1. The second-order valence-electron chi connectivity index (χ2n) is 2.93. The third-order valence-corrected chi connectivity index (χ3v) is 1.97. The minimum absolute atomic E-state index is 0.556.